The van der Waals surface area contributed by atoms with E-state index in [-0.39, 0.29) is 0 Å². The van der Waals surface area contributed by atoms with Gasteiger partial charge in [-0.2, -0.15) is 0 Å². The number of ether oxygens (including phenoxy) is 2. The van der Waals surface area contributed by atoms with Crippen LogP contribution in [0.3, 0.4) is 0 Å². The van der Waals surface area contributed by atoms with Crippen molar-refractivity contribution in [2.75, 3.05) is 52.3 Å². The number of carbonyl (C=O) groups is 1. The van der Waals surface area contributed by atoms with E-state index in [9.17, 15) is 4.79 Å². The van der Waals surface area contributed by atoms with Gasteiger partial charge in [-0.1, -0.05) is 0 Å². The van der Waals surface area contributed by atoms with Gasteiger partial charge < -0.3 is 19.3 Å². The van der Waals surface area contributed by atoms with Crippen LogP contribution in [0.5, 0.6) is 11.5 Å². The normalized spacial score (nSPS) is 15.7. The van der Waals surface area contributed by atoms with Gasteiger partial charge in [0.2, 0.25) is 0 Å². The molecule has 0 saturated carbocycles. The molecule has 1 fully saturated rings. The summed E-state index contributed by atoms with van der Waals surface area (Å²) in [5.74, 6) is 2.05. The number of likely N-dealkylation sites (N-methyl/N-ethyl adjacent to an activating group) is 1. The molecule has 6 heteroatoms. The Morgan fingerprint density at radius 1 is 1.09 bits per heavy atom. The van der Waals surface area contributed by atoms with E-state index in [1.54, 1.807) is 14.2 Å². The summed E-state index contributed by atoms with van der Waals surface area (Å²) in [7, 11) is 5.31. The number of methoxy groups -OCH3 is 2. The molecule has 1 aromatic carbocycles. The maximum absolute atomic E-state index is 11.5. The number of hydrogen-bond acceptors (Lipinski definition) is 6. The van der Waals surface area contributed by atoms with E-state index in [2.05, 4.69) is 16.8 Å². The second-order valence-corrected chi connectivity index (χ2v) is 5.71. The monoisotopic (exact) mass is 315 g/mol. The summed E-state index contributed by atoms with van der Waals surface area (Å²) in [6.07, 6.45) is 0.867. The van der Waals surface area contributed by atoms with E-state index in [0.29, 0.717) is 17.1 Å². The lowest BCUT2D eigenvalue weighted by molar-refractivity contribution is 0.112. The Morgan fingerprint density at radius 3 is 2.43 bits per heavy atom. The molecule has 1 aliphatic heterocycles. The van der Waals surface area contributed by atoms with E-state index in [1.165, 1.54) is 0 Å². The van der Waals surface area contributed by atoms with Gasteiger partial charge in [0.05, 0.1) is 19.8 Å². The highest BCUT2D eigenvalue weighted by atomic mass is 16.5. The van der Waals surface area contributed by atoms with Crippen LogP contribution in [0.1, 0.15) is 10.4 Å². The number of piperazine rings is 1. The lowest BCUT2D eigenvalue weighted by Crippen LogP contribution is -2.45. The third kappa shape index (κ3) is 2.94. The van der Waals surface area contributed by atoms with Crippen molar-refractivity contribution in [2.24, 2.45) is 0 Å². The third-order valence-electron chi connectivity index (χ3n) is 4.25. The molecule has 0 N–H and O–H groups in total. The van der Waals surface area contributed by atoms with Crippen LogP contribution in [0.25, 0.3) is 10.9 Å². The zero-order valence-corrected chi connectivity index (χ0v) is 13.7. The topological polar surface area (TPSA) is 54.9 Å². The number of anilines is 1. The summed E-state index contributed by atoms with van der Waals surface area (Å²) in [4.78, 5) is 20.7. The first-order chi connectivity index (χ1) is 11.2. The van der Waals surface area contributed by atoms with Crippen molar-refractivity contribution in [3.63, 3.8) is 0 Å². The molecule has 0 spiro atoms. The molecule has 1 aliphatic rings. The lowest BCUT2D eigenvalue weighted by atomic mass is 10.1. The van der Waals surface area contributed by atoms with Crippen molar-refractivity contribution in [1.82, 2.24) is 9.88 Å². The molecule has 23 heavy (non-hydrogen) atoms. The maximum Gasteiger partial charge on any atom is 0.153 e. The van der Waals surface area contributed by atoms with Gasteiger partial charge in [-0.3, -0.25) is 4.79 Å². The predicted octanol–water partition coefficient (Wildman–Crippen LogP) is 1.82. The molecule has 0 atom stereocenters. The number of pyridine rings is 1. The van der Waals surface area contributed by atoms with Gasteiger partial charge in [0.15, 0.2) is 6.29 Å². The largest absolute Gasteiger partial charge is 0.497 e. The fraction of sp³-hybridized carbons (Fsp3) is 0.412. The fourth-order valence-electron chi connectivity index (χ4n) is 2.87. The average molecular weight is 315 g/mol. The summed E-state index contributed by atoms with van der Waals surface area (Å²) in [6.45, 7) is 3.62. The predicted molar refractivity (Wildman–Crippen MR) is 89.9 cm³/mol. The van der Waals surface area contributed by atoms with Crippen LogP contribution in [0.2, 0.25) is 0 Å². The molecular formula is C17H21N3O3. The van der Waals surface area contributed by atoms with Crippen molar-refractivity contribution >= 4 is 23.0 Å². The Hall–Kier alpha value is -2.34. The van der Waals surface area contributed by atoms with E-state index in [4.69, 9.17) is 14.5 Å². The second kappa shape index (κ2) is 6.42. The first-order valence-corrected chi connectivity index (χ1v) is 7.61. The molecule has 122 valence electrons. The molecule has 3 rings (SSSR count). The fourth-order valence-corrected chi connectivity index (χ4v) is 2.87. The van der Waals surface area contributed by atoms with Crippen molar-refractivity contribution < 1.29 is 14.3 Å². The highest BCUT2D eigenvalue weighted by Gasteiger charge is 2.20. The van der Waals surface area contributed by atoms with Crippen LogP contribution in [0.4, 0.5) is 5.82 Å². The highest BCUT2D eigenvalue weighted by Crippen LogP contribution is 2.33. The molecule has 0 unspecified atom stereocenters. The lowest BCUT2D eigenvalue weighted by Gasteiger charge is -2.34. The van der Waals surface area contributed by atoms with Gasteiger partial charge in [-0.25, -0.2) is 4.98 Å². The molecule has 2 aromatic rings. The summed E-state index contributed by atoms with van der Waals surface area (Å²) >= 11 is 0. The van der Waals surface area contributed by atoms with Crippen LogP contribution in [0, 0.1) is 0 Å². The van der Waals surface area contributed by atoms with Crippen LogP contribution in [-0.4, -0.2) is 63.6 Å². The van der Waals surface area contributed by atoms with Crippen LogP contribution < -0.4 is 14.4 Å². The Morgan fingerprint density at radius 2 is 1.83 bits per heavy atom. The average Bonchev–Trinajstić information content (AvgIpc) is 2.60. The van der Waals surface area contributed by atoms with Crippen molar-refractivity contribution in [1.29, 1.82) is 0 Å². The molecule has 1 aromatic heterocycles. The quantitative estimate of drug-likeness (QED) is 0.802. The Bertz CT molecular complexity index is 725. The minimum atomic E-state index is 0.595. The molecular weight excluding hydrogens is 294 g/mol. The SMILES string of the molecule is COc1cc(OC)c2nc(N3CCN(C)CC3)c(C=O)cc2c1. The first-order valence-electron chi connectivity index (χ1n) is 7.61. The summed E-state index contributed by atoms with van der Waals surface area (Å²) in [5, 5.41) is 0.834. The zero-order chi connectivity index (χ0) is 16.4. The first kappa shape index (κ1) is 15.6. The highest BCUT2D eigenvalue weighted by molar-refractivity contribution is 5.95. The van der Waals surface area contributed by atoms with Gasteiger partial charge in [0.25, 0.3) is 0 Å². The molecule has 1 saturated heterocycles. The summed E-state index contributed by atoms with van der Waals surface area (Å²) in [5.41, 5.74) is 1.34. The number of carbonyl (C=O) groups excluding carboxylic acids is 1. The van der Waals surface area contributed by atoms with Gasteiger partial charge >= 0.3 is 0 Å². The summed E-state index contributed by atoms with van der Waals surface area (Å²) in [6, 6.07) is 5.53. The van der Waals surface area contributed by atoms with E-state index >= 15 is 0 Å². The Balaban J connectivity index is 2.12. The van der Waals surface area contributed by atoms with Crippen molar-refractivity contribution in [3.05, 3.63) is 23.8 Å². The zero-order valence-electron chi connectivity index (χ0n) is 13.7. The maximum atomic E-state index is 11.5. The molecule has 0 radical (unpaired) electrons. The molecule has 0 bridgehead atoms. The van der Waals surface area contributed by atoms with Gasteiger partial charge in [0, 0.05) is 37.6 Å². The number of nitrogens with zero attached hydrogens (tertiary/aromatic N) is 3. The third-order valence-corrected chi connectivity index (χ3v) is 4.25. The number of aromatic nitrogens is 1. The number of fused-ring (bicyclic) bond motifs is 1. The number of aldehydes is 1. The van der Waals surface area contributed by atoms with Gasteiger partial charge in [0.1, 0.15) is 22.8 Å². The standard InChI is InChI=1S/C17H21N3O3/c1-19-4-6-20(7-5-19)17-13(11-21)8-12-9-14(22-2)10-15(23-3)16(12)18-17/h8-11H,4-7H2,1-3H3. The van der Waals surface area contributed by atoms with Crippen molar-refractivity contribution in [3.8, 4) is 11.5 Å². The minimum absolute atomic E-state index is 0.595. The Labute approximate surface area is 135 Å². The van der Waals surface area contributed by atoms with Crippen molar-refractivity contribution in [2.45, 2.75) is 0 Å². The molecule has 0 amide bonds. The van der Waals surface area contributed by atoms with E-state index in [1.807, 2.05) is 18.2 Å². The molecule has 2 heterocycles. The number of rotatable bonds is 4. The van der Waals surface area contributed by atoms with Gasteiger partial charge in [-0.05, 0) is 19.2 Å². The Kier molecular flexibility index (Phi) is 4.34. The van der Waals surface area contributed by atoms with Crippen LogP contribution in [-0.2, 0) is 0 Å². The van der Waals surface area contributed by atoms with Gasteiger partial charge in [-0.15, -0.1) is 0 Å². The molecule has 6 nitrogen and oxygen atoms in total. The minimum Gasteiger partial charge on any atom is -0.497 e. The van der Waals surface area contributed by atoms with Crippen LogP contribution >= 0.6 is 0 Å². The summed E-state index contributed by atoms with van der Waals surface area (Å²) < 4.78 is 10.7. The van der Waals surface area contributed by atoms with E-state index in [0.717, 1.165) is 49.2 Å². The second-order valence-electron chi connectivity index (χ2n) is 5.71. The molecule has 0 aliphatic carbocycles. The number of benzene rings is 1. The number of hydrogen-bond donors (Lipinski definition) is 0. The smallest absolute Gasteiger partial charge is 0.153 e. The van der Waals surface area contributed by atoms with Crippen LogP contribution in [0.15, 0.2) is 18.2 Å². The van der Waals surface area contributed by atoms with E-state index < -0.39 is 0 Å².